The fourth-order valence-electron chi connectivity index (χ4n) is 3.25. The molecule has 5 nitrogen and oxygen atoms in total. The van der Waals surface area contributed by atoms with Crippen molar-refractivity contribution in [2.45, 2.75) is 31.8 Å². The van der Waals surface area contributed by atoms with Crippen molar-refractivity contribution in [3.05, 3.63) is 29.3 Å². The molecule has 1 aliphatic heterocycles. The van der Waals surface area contributed by atoms with Gasteiger partial charge in [-0.25, -0.2) is 0 Å². The predicted octanol–water partition coefficient (Wildman–Crippen LogP) is 1.62. The Morgan fingerprint density at radius 3 is 3.14 bits per heavy atom. The number of ether oxygens (including phenoxy) is 1. The summed E-state index contributed by atoms with van der Waals surface area (Å²) in [4.78, 5) is 6.72. The maximum absolute atomic E-state index is 6.06. The number of rotatable bonds is 3. The summed E-state index contributed by atoms with van der Waals surface area (Å²) in [7, 11) is 2.11. The molecule has 1 heterocycles. The van der Waals surface area contributed by atoms with Crippen molar-refractivity contribution in [2.24, 2.45) is 10.7 Å². The molecule has 1 saturated heterocycles. The number of guanidine groups is 1. The number of fused-ring (bicyclic) bond motifs is 1. The Morgan fingerprint density at radius 2 is 2.27 bits per heavy atom. The average molecular weight is 302 g/mol. The van der Waals surface area contributed by atoms with Gasteiger partial charge in [0.2, 0.25) is 0 Å². The van der Waals surface area contributed by atoms with Gasteiger partial charge in [0, 0.05) is 18.8 Å². The molecule has 1 atom stereocenters. The maximum Gasteiger partial charge on any atom is 0.193 e. The number of nitrogens with one attached hydrogen (secondary N) is 1. The number of nitrogens with two attached hydrogens (primary N) is 1. The Morgan fingerprint density at radius 1 is 1.41 bits per heavy atom. The molecule has 1 aromatic rings. The van der Waals surface area contributed by atoms with Crippen LogP contribution in [0.15, 0.2) is 23.2 Å². The minimum atomic E-state index is 0.142. The third-order valence-corrected chi connectivity index (χ3v) is 4.47. The van der Waals surface area contributed by atoms with Gasteiger partial charge in [0.05, 0.1) is 19.3 Å². The number of aliphatic imine (C=N–C) groups is 1. The van der Waals surface area contributed by atoms with Gasteiger partial charge in [-0.1, -0.05) is 12.1 Å². The second kappa shape index (κ2) is 7.11. The third-order valence-electron chi connectivity index (χ3n) is 4.47. The maximum atomic E-state index is 6.06. The number of hydrogen-bond acceptors (Lipinski definition) is 3. The van der Waals surface area contributed by atoms with Crippen molar-refractivity contribution in [2.75, 3.05) is 38.6 Å². The minimum Gasteiger partial charge on any atom is -0.374 e. The van der Waals surface area contributed by atoms with E-state index in [-0.39, 0.29) is 6.10 Å². The van der Waals surface area contributed by atoms with Crippen molar-refractivity contribution in [1.29, 1.82) is 0 Å². The summed E-state index contributed by atoms with van der Waals surface area (Å²) in [6.45, 7) is 3.29. The summed E-state index contributed by atoms with van der Waals surface area (Å²) in [5.74, 6) is 0.482. The first-order valence-corrected chi connectivity index (χ1v) is 8.20. The molecule has 3 N–H and O–H groups in total. The smallest absolute Gasteiger partial charge is 0.193 e. The summed E-state index contributed by atoms with van der Waals surface area (Å²) < 4.78 is 5.71. The fourth-order valence-corrected chi connectivity index (χ4v) is 3.25. The molecule has 0 aromatic heterocycles. The molecule has 0 bridgehead atoms. The molecule has 0 saturated carbocycles. The molecule has 3 rings (SSSR count). The molecule has 0 radical (unpaired) electrons. The van der Waals surface area contributed by atoms with Crippen LogP contribution in [0, 0.1) is 0 Å². The van der Waals surface area contributed by atoms with E-state index in [4.69, 9.17) is 10.5 Å². The number of benzene rings is 1. The van der Waals surface area contributed by atoms with E-state index in [0.29, 0.717) is 12.5 Å². The monoisotopic (exact) mass is 302 g/mol. The van der Waals surface area contributed by atoms with Crippen molar-refractivity contribution >= 4 is 11.6 Å². The lowest BCUT2D eigenvalue weighted by Crippen LogP contribution is -2.41. The molecule has 22 heavy (non-hydrogen) atoms. The lowest BCUT2D eigenvalue weighted by Gasteiger charge is -2.29. The Hall–Kier alpha value is -1.59. The van der Waals surface area contributed by atoms with Gasteiger partial charge in [0.15, 0.2) is 5.96 Å². The lowest BCUT2D eigenvalue weighted by atomic mass is 9.90. The van der Waals surface area contributed by atoms with E-state index >= 15 is 0 Å². The molecule has 1 unspecified atom stereocenters. The van der Waals surface area contributed by atoms with Crippen molar-refractivity contribution < 1.29 is 4.74 Å². The Balaban J connectivity index is 1.61. The van der Waals surface area contributed by atoms with Gasteiger partial charge in [0.1, 0.15) is 0 Å². The quantitative estimate of drug-likeness (QED) is 0.658. The van der Waals surface area contributed by atoms with Gasteiger partial charge >= 0.3 is 0 Å². The highest BCUT2D eigenvalue weighted by molar-refractivity contribution is 5.93. The Labute approximate surface area is 132 Å². The number of aryl methyl sites for hydroxylation is 1. The number of likely N-dealkylation sites (N-methyl/N-ethyl adjacent to an activating group) is 1. The molecule has 0 spiro atoms. The number of morpholine rings is 1. The average Bonchev–Trinajstić information content (AvgIpc) is 2.53. The molecular weight excluding hydrogens is 276 g/mol. The molecule has 1 aromatic carbocycles. The van der Waals surface area contributed by atoms with Crippen LogP contribution < -0.4 is 11.1 Å². The zero-order valence-electron chi connectivity index (χ0n) is 13.3. The molecule has 1 aliphatic carbocycles. The first-order chi connectivity index (χ1) is 10.7. The second-order valence-electron chi connectivity index (χ2n) is 6.26. The summed E-state index contributed by atoms with van der Waals surface area (Å²) in [6, 6.07) is 6.41. The van der Waals surface area contributed by atoms with Crippen LogP contribution in [0.5, 0.6) is 0 Å². The van der Waals surface area contributed by atoms with Gasteiger partial charge in [-0.05, 0) is 49.9 Å². The zero-order chi connectivity index (χ0) is 15.4. The van der Waals surface area contributed by atoms with E-state index in [0.717, 1.165) is 31.8 Å². The van der Waals surface area contributed by atoms with Crippen LogP contribution in [-0.2, 0) is 17.6 Å². The van der Waals surface area contributed by atoms with E-state index in [2.05, 4.69) is 40.5 Å². The highest BCUT2D eigenvalue weighted by atomic mass is 16.5. The summed E-state index contributed by atoms with van der Waals surface area (Å²) in [6.07, 6.45) is 4.98. The fraction of sp³-hybridized carbons (Fsp3) is 0.588. The number of hydrogen-bond donors (Lipinski definition) is 2. The van der Waals surface area contributed by atoms with Crippen LogP contribution >= 0.6 is 0 Å². The molecule has 120 valence electrons. The largest absolute Gasteiger partial charge is 0.374 e. The van der Waals surface area contributed by atoms with E-state index in [1.165, 1.54) is 30.4 Å². The Kier molecular flexibility index (Phi) is 4.95. The van der Waals surface area contributed by atoms with Gasteiger partial charge in [-0.2, -0.15) is 0 Å². The van der Waals surface area contributed by atoms with Crippen LogP contribution in [0.2, 0.25) is 0 Å². The van der Waals surface area contributed by atoms with E-state index in [1.807, 2.05) is 0 Å². The van der Waals surface area contributed by atoms with Crippen LogP contribution in [-0.4, -0.2) is 50.3 Å². The van der Waals surface area contributed by atoms with Gasteiger partial charge < -0.3 is 20.7 Å². The van der Waals surface area contributed by atoms with Gasteiger partial charge in [0.25, 0.3) is 0 Å². The molecule has 0 amide bonds. The molecule has 1 fully saturated rings. The highest BCUT2D eigenvalue weighted by Gasteiger charge is 2.17. The van der Waals surface area contributed by atoms with E-state index in [1.54, 1.807) is 0 Å². The molecule has 2 aliphatic rings. The minimum absolute atomic E-state index is 0.142. The van der Waals surface area contributed by atoms with Gasteiger partial charge in [-0.15, -0.1) is 0 Å². The summed E-state index contributed by atoms with van der Waals surface area (Å²) in [5, 5.41) is 3.28. The third kappa shape index (κ3) is 3.78. The molecular formula is C17H26N4O. The van der Waals surface area contributed by atoms with Crippen LogP contribution in [0.4, 0.5) is 5.69 Å². The molecule has 5 heteroatoms. The zero-order valence-corrected chi connectivity index (χ0v) is 13.3. The van der Waals surface area contributed by atoms with Crippen molar-refractivity contribution in [3.8, 4) is 0 Å². The van der Waals surface area contributed by atoms with Crippen molar-refractivity contribution in [3.63, 3.8) is 0 Å². The normalized spacial score (nSPS) is 23.1. The Bertz CT molecular complexity index is 543. The van der Waals surface area contributed by atoms with Crippen LogP contribution in [0.25, 0.3) is 0 Å². The first-order valence-electron chi connectivity index (χ1n) is 8.20. The predicted molar refractivity (Wildman–Crippen MR) is 90.4 cm³/mol. The number of nitrogens with zero attached hydrogens (tertiary/aromatic N) is 2. The lowest BCUT2D eigenvalue weighted by molar-refractivity contribution is -0.0136. The van der Waals surface area contributed by atoms with E-state index < -0.39 is 0 Å². The standard InChI is InChI=1S/C17H26N4O/c1-21-9-10-22-14(12-21)11-19-17(18)20-16-8-4-6-13-5-2-3-7-15(13)16/h4,6,8,14H,2-3,5,7,9-12H2,1H3,(H3,18,19,20). The van der Waals surface area contributed by atoms with Crippen LogP contribution in [0.1, 0.15) is 24.0 Å². The highest BCUT2D eigenvalue weighted by Crippen LogP contribution is 2.27. The number of anilines is 1. The van der Waals surface area contributed by atoms with Crippen LogP contribution in [0.3, 0.4) is 0 Å². The van der Waals surface area contributed by atoms with Crippen molar-refractivity contribution in [1.82, 2.24) is 4.90 Å². The SMILES string of the molecule is CN1CCOC(CN=C(N)Nc2cccc3c2CCCC3)C1. The van der Waals surface area contributed by atoms with E-state index in [9.17, 15) is 0 Å². The second-order valence-corrected chi connectivity index (χ2v) is 6.26. The summed E-state index contributed by atoms with van der Waals surface area (Å²) in [5.41, 5.74) is 10.0. The summed E-state index contributed by atoms with van der Waals surface area (Å²) >= 11 is 0. The topological polar surface area (TPSA) is 62.9 Å². The first kappa shape index (κ1) is 15.3. The van der Waals surface area contributed by atoms with Gasteiger partial charge in [-0.3, -0.25) is 4.99 Å².